The Kier molecular flexibility index (Phi) is 5.61. The second-order valence-corrected chi connectivity index (χ2v) is 6.18. The van der Waals surface area contributed by atoms with E-state index in [0.29, 0.717) is 12.8 Å². The molecule has 2 N–H and O–H groups in total. The van der Waals surface area contributed by atoms with E-state index in [1.54, 1.807) is 0 Å². The van der Waals surface area contributed by atoms with E-state index in [1.165, 1.54) is 37.7 Å². The van der Waals surface area contributed by atoms with E-state index in [1.807, 2.05) is 6.07 Å². The standard InChI is InChI=1S/C18H27N3O2/c1-2-19-18(21-15-6-4-3-5-7-15)20-11-10-14-8-9-16-17(12-14)23-13-22-16/h8-9,12,15H,2-7,10-11,13H2,1H3,(H2,19,20,21). The van der Waals surface area contributed by atoms with Crippen molar-refractivity contribution in [1.29, 1.82) is 0 Å². The number of aliphatic imine (C=N–C) groups is 1. The van der Waals surface area contributed by atoms with E-state index in [9.17, 15) is 0 Å². The highest BCUT2D eigenvalue weighted by molar-refractivity contribution is 5.80. The predicted molar refractivity (Wildman–Crippen MR) is 92.3 cm³/mol. The van der Waals surface area contributed by atoms with Gasteiger partial charge in [-0.3, -0.25) is 4.99 Å². The van der Waals surface area contributed by atoms with Crippen molar-refractivity contribution in [3.8, 4) is 11.5 Å². The van der Waals surface area contributed by atoms with Crippen LogP contribution in [-0.2, 0) is 6.42 Å². The van der Waals surface area contributed by atoms with Crippen LogP contribution in [0, 0.1) is 0 Å². The van der Waals surface area contributed by atoms with Crippen molar-refractivity contribution in [2.24, 2.45) is 4.99 Å². The Morgan fingerprint density at radius 2 is 2.00 bits per heavy atom. The van der Waals surface area contributed by atoms with E-state index >= 15 is 0 Å². The molecule has 126 valence electrons. The zero-order valence-corrected chi connectivity index (χ0v) is 13.9. The lowest BCUT2D eigenvalue weighted by Gasteiger charge is -2.24. The Morgan fingerprint density at radius 1 is 1.17 bits per heavy atom. The molecule has 1 aromatic rings. The molecule has 1 aromatic carbocycles. The van der Waals surface area contributed by atoms with Crippen molar-refractivity contribution in [2.75, 3.05) is 19.9 Å². The first-order valence-corrected chi connectivity index (χ1v) is 8.78. The van der Waals surface area contributed by atoms with Gasteiger partial charge in [0.2, 0.25) is 6.79 Å². The molecule has 2 aliphatic rings. The Morgan fingerprint density at radius 3 is 2.83 bits per heavy atom. The molecule has 3 rings (SSSR count). The van der Waals surface area contributed by atoms with Crippen LogP contribution in [0.4, 0.5) is 0 Å². The van der Waals surface area contributed by atoms with Gasteiger partial charge in [0.1, 0.15) is 0 Å². The molecule has 1 heterocycles. The monoisotopic (exact) mass is 317 g/mol. The van der Waals surface area contributed by atoms with Crippen molar-refractivity contribution in [3.05, 3.63) is 23.8 Å². The predicted octanol–water partition coefficient (Wildman–Crippen LogP) is 2.85. The average Bonchev–Trinajstić information content (AvgIpc) is 3.04. The van der Waals surface area contributed by atoms with Crippen LogP contribution in [0.2, 0.25) is 0 Å². The third-order valence-electron chi connectivity index (χ3n) is 4.40. The smallest absolute Gasteiger partial charge is 0.231 e. The summed E-state index contributed by atoms with van der Waals surface area (Å²) in [6, 6.07) is 6.70. The molecule has 0 unspecified atom stereocenters. The third-order valence-corrected chi connectivity index (χ3v) is 4.40. The molecule has 0 aromatic heterocycles. The molecule has 0 atom stereocenters. The zero-order valence-electron chi connectivity index (χ0n) is 13.9. The van der Waals surface area contributed by atoms with E-state index in [2.05, 4.69) is 29.7 Å². The maximum absolute atomic E-state index is 5.42. The summed E-state index contributed by atoms with van der Waals surface area (Å²) in [4.78, 5) is 4.72. The summed E-state index contributed by atoms with van der Waals surface area (Å²) in [5.74, 6) is 2.63. The first-order chi connectivity index (χ1) is 11.3. The molecule has 23 heavy (non-hydrogen) atoms. The minimum atomic E-state index is 0.326. The fourth-order valence-corrected chi connectivity index (χ4v) is 3.15. The average molecular weight is 317 g/mol. The summed E-state index contributed by atoms with van der Waals surface area (Å²) in [6.45, 7) is 4.09. The van der Waals surface area contributed by atoms with Crippen molar-refractivity contribution < 1.29 is 9.47 Å². The minimum Gasteiger partial charge on any atom is -0.454 e. The molecule has 0 amide bonds. The fraction of sp³-hybridized carbons (Fsp3) is 0.611. The Labute approximate surface area is 138 Å². The quantitative estimate of drug-likeness (QED) is 0.648. The summed E-state index contributed by atoms with van der Waals surface area (Å²) in [5, 5.41) is 6.93. The highest BCUT2D eigenvalue weighted by atomic mass is 16.7. The van der Waals surface area contributed by atoms with E-state index in [-0.39, 0.29) is 0 Å². The maximum atomic E-state index is 5.42. The number of ether oxygens (including phenoxy) is 2. The lowest BCUT2D eigenvalue weighted by atomic mass is 9.96. The van der Waals surface area contributed by atoms with Crippen molar-refractivity contribution in [1.82, 2.24) is 10.6 Å². The molecule has 1 aliphatic carbocycles. The van der Waals surface area contributed by atoms with Crippen LogP contribution in [0.5, 0.6) is 11.5 Å². The minimum absolute atomic E-state index is 0.326. The Hall–Kier alpha value is -1.91. The first-order valence-electron chi connectivity index (χ1n) is 8.78. The van der Waals surface area contributed by atoms with Gasteiger partial charge in [0.05, 0.1) is 0 Å². The van der Waals surface area contributed by atoms with Crippen LogP contribution in [0.25, 0.3) is 0 Å². The fourth-order valence-electron chi connectivity index (χ4n) is 3.15. The number of hydrogen-bond donors (Lipinski definition) is 2. The van der Waals surface area contributed by atoms with Gasteiger partial charge in [-0.15, -0.1) is 0 Å². The van der Waals surface area contributed by atoms with Gasteiger partial charge in [0, 0.05) is 19.1 Å². The molecule has 5 nitrogen and oxygen atoms in total. The van der Waals surface area contributed by atoms with E-state index in [4.69, 9.17) is 14.5 Å². The highest BCUT2D eigenvalue weighted by Crippen LogP contribution is 2.32. The topological polar surface area (TPSA) is 54.9 Å². The normalized spacial score (nSPS) is 18.0. The van der Waals surface area contributed by atoms with Crippen molar-refractivity contribution >= 4 is 5.96 Å². The second kappa shape index (κ2) is 8.09. The van der Waals surface area contributed by atoms with Gasteiger partial charge in [0.25, 0.3) is 0 Å². The Balaban J connectivity index is 1.53. The van der Waals surface area contributed by atoms with Gasteiger partial charge in [-0.05, 0) is 43.9 Å². The molecule has 1 aliphatic heterocycles. The third kappa shape index (κ3) is 4.53. The highest BCUT2D eigenvalue weighted by Gasteiger charge is 2.15. The lowest BCUT2D eigenvalue weighted by Crippen LogP contribution is -2.44. The summed E-state index contributed by atoms with van der Waals surface area (Å²) in [7, 11) is 0. The number of nitrogens with zero attached hydrogens (tertiary/aromatic N) is 1. The Bertz CT molecular complexity index is 539. The lowest BCUT2D eigenvalue weighted by molar-refractivity contribution is 0.174. The molecule has 0 radical (unpaired) electrons. The van der Waals surface area contributed by atoms with Gasteiger partial charge in [-0.1, -0.05) is 25.3 Å². The number of nitrogens with one attached hydrogen (secondary N) is 2. The number of fused-ring (bicyclic) bond motifs is 1. The summed E-state index contributed by atoms with van der Waals surface area (Å²) in [5.41, 5.74) is 1.23. The SMILES string of the molecule is CCNC(=NCCc1ccc2c(c1)OCO2)NC1CCCCC1. The number of benzene rings is 1. The molecular weight excluding hydrogens is 290 g/mol. The second-order valence-electron chi connectivity index (χ2n) is 6.18. The number of hydrogen-bond acceptors (Lipinski definition) is 3. The molecule has 1 fully saturated rings. The van der Waals surface area contributed by atoms with Crippen LogP contribution >= 0.6 is 0 Å². The largest absolute Gasteiger partial charge is 0.454 e. The van der Waals surface area contributed by atoms with Crippen LogP contribution in [0.3, 0.4) is 0 Å². The van der Waals surface area contributed by atoms with Gasteiger partial charge in [0.15, 0.2) is 17.5 Å². The number of guanidine groups is 1. The maximum Gasteiger partial charge on any atom is 0.231 e. The van der Waals surface area contributed by atoms with Crippen molar-refractivity contribution in [2.45, 2.75) is 51.5 Å². The summed E-state index contributed by atoms with van der Waals surface area (Å²) >= 11 is 0. The summed E-state index contributed by atoms with van der Waals surface area (Å²) < 4.78 is 10.8. The first kappa shape index (κ1) is 16.0. The number of rotatable bonds is 5. The van der Waals surface area contributed by atoms with E-state index < -0.39 is 0 Å². The summed E-state index contributed by atoms with van der Waals surface area (Å²) in [6.07, 6.45) is 7.44. The van der Waals surface area contributed by atoms with Crippen LogP contribution in [0.1, 0.15) is 44.6 Å². The van der Waals surface area contributed by atoms with Crippen LogP contribution in [0.15, 0.2) is 23.2 Å². The molecule has 0 spiro atoms. The van der Waals surface area contributed by atoms with Gasteiger partial charge in [-0.25, -0.2) is 0 Å². The molecule has 0 saturated heterocycles. The molecule has 1 saturated carbocycles. The molecular formula is C18H27N3O2. The van der Waals surface area contributed by atoms with Gasteiger partial charge in [-0.2, -0.15) is 0 Å². The molecule has 5 heteroatoms. The van der Waals surface area contributed by atoms with Crippen molar-refractivity contribution in [3.63, 3.8) is 0 Å². The van der Waals surface area contributed by atoms with E-state index in [0.717, 1.165) is 37.0 Å². The van der Waals surface area contributed by atoms with Gasteiger partial charge >= 0.3 is 0 Å². The van der Waals surface area contributed by atoms with Crippen LogP contribution < -0.4 is 20.1 Å². The van der Waals surface area contributed by atoms with Crippen LogP contribution in [-0.4, -0.2) is 31.9 Å². The molecule has 0 bridgehead atoms. The zero-order chi connectivity index (χ0) is 15.9. The van der Waals surface area contributed by atoms with Gasteiger partial charge < -0.3 is 20.1 Å².